The van der Waals surface area contributed by atoms with Gasteiger partial charge in [-0.25, -0.2) is 4.79 Å². The number of rotatable bonds is 6. The molecule has 138 valence electrons. The highest BCUT2D eigenvalue weighted by Crippen LogP contribution is 2.32. The van der Waals surface area contributed by atoms with Gasteiger partial charge in [0.15, 0.2) is 6.61 Å². The van der Waals surface area contributed by atoms with Crippen LogP contribution in [0.5, 0.6) is 0 Å². The van der Waals surface area contributed by atoms with Crippen LogP contribution >= 0.6 is 15.9 Å². The number of hydrogen-bond donors (Lipinski definition) is 1. The molecule has 0 aliphatic heterocycles. The van der Waals surface area contributed by atoms with Gasteiger partial charge >= 0.3 is 5.97 Å². The van der Waals surface area contributed by atoms with Gasteiger partial charge in [-0.15, -0.1) is 0 Å². The van der Waals surface area contributed by atoms with E-state index in [0.29, 0.717) is 5.56 Å². The second kappa shape index (κ2) is 8.99. The molecule has 0 saturated heterocycles. The van der Waals surface area contributed by atoms with Crippen molar-refractivity contribution in [3.05, 3.63) is 63.6 Å². The average molecular weight is 418 g/mol. The Morgan fingerprint density at radius 2 is 1.50 bits per heavy atom. The predicted octanol–water partition coefficient (Wildman–Crippen LogP) is 5.49. The first kappa shape index (κ1) is 20.2. The van der Waals surface area contributed by atoms with Gasteiger partial charge in [-0.3, -0.25) is 4.79 Å². The van der Waals surface area contributed by atoms with Gasteiger partial charge in [-0.1, -0.05) is 61.8 Å². The minimum atomic E-state index is -0.520. The molecule has 0 aromatic heterocycles. The molecule has 1 amide bonds. The van der Waals surface area contributed by atoms with E-state index in [2.05, 4.69) is 48.9 Å². The van der Waals surface area contributed by atoms with Crippen molar-refractivity contribution in [3.63, 3.8) is 0 Å². The number of halogens is 1. The van der Waals surface area contributed by atoms with Gasteiger partial charge in [0.25, 0.3) is 5.91 Å². The van der Waals surface area contributed by atoms with Gasteiger partial charge < -0.3 is 10.1 Å². The van der Waals surface area contributed by atoms with Crippen molar-refractivity contribution in [3.8, 4) is 0 Å². The molecule has 0 spiro atoms. The van der Waals surface area contributed by atoms with Gasteiger partial charge in [-0.2, -0.15) is 0 Å². The highest BCUT2D eigenvalue weighted by Gasteiger charge is 2.17. The molecule has 26 heavy (non-hydrogen) atoms. The third-order valence-corrected chi connectivity index (χ3v) is 4.58. The molecule has 4 nitrogen and oxygen atoms in total. The average Bonchev–Trinajstić information content (AvgIpc) is 2.60. The fourth-order valence-corrected chi connectivity index (χ4v) is 2.94. The first-order valence-electron chi connectivity index (χ1n) is 8.65. The van der Waals surface area contributed by atoms with Crippen LogP contribution in [0, 0.1) is 0 Å². The Hall–Kier alpha value is -2.14. The summed E-state index contributed by atoms with van der Waals surface area (Å²) in [4.78, 5) is 24.4. The minimum absolute atomic E-state index is 0.273. The lowest BCUT2D eigenvalue weighted by Crippen LogP contribution is -2.22. The second-order valence-corrected chi connectivity index (χ2v) is 7.67. The number of hydrogen-bond acceptors (Lipinski definition) is 3. The van der Waals surface area contributed by atoms with E-state index in [1.165, 1.54) is 0 Å². The molecular weight excluding hydrogens is 394 g/mol. The van der Waals surface area contributed by atoms with E-state index in [0.717, 1.165) is 21.3 Å². The second-order valence-electron chi connectivity index (χ2n) is 6.75. The van der Waals surface area contributed by atoms with Crippen LogP contribution < -0.4 is 5.32 Å². The van der Waals surface area contributed by atoms with Gasteiger partial charge in [0.2, 0.25) is 0 Å². The number of carbonyl (C=O) groups excluding carboxylic acids is 2. The van der Waals surface area contributed by atoms with E-state index in [9.17, 15) is 9.59 Å². The van der Waals surface area contributed by atoms with Crippen LogP contribution in [-0.4, -0.2) is 18.5 Å². The Morgan fingerprint density at radius 1 is 0.962 bits per heavy atom. The maximum absolute atomic E-state index is 12.4. The summed E-state index contributed by atoms with van der Waals surface area (Å²) in [7, 11) is 0. The maximum Gasteiger partial charge on any atom is 0.338 e. The molecule has 2 rings (SSSR count). The smallest absolute Gasteiger partial charge is 0.338 e. The molecule has 1 N–H and O–H groups in total. The quantitative estimate of drug-likeness (QED) is 0.631. The lowest BCUT2D eigenvalue weighted by Gasteiger charge is -2.20. The van der Waals surface area contributed by atoms with Crippen LogP contribution in [0.3, 0.4) is 0 Å². The van der Waals surface area contributed by atoms with Crippen molar-refractivity contribution in [1.29, 1.82) is 0 Å². The number of esters is 1. The van der Waals surface area contributed by atoms with E-state index < -0.39 is 5.97 Å². The molecule has 0 fully saturated rings. The molecule has 0 saturated carbocycles. The lowest BCUT2D eigenvalue weighted by molar-refractivity contribution is -0.119. The van der Waals surface area contributed by atoms with Crippen molar-refractivity contribution < 1.29 is 14.3 Å². The van der Waals surface area contributed by atoms with E-state index in [4.69, 9.17) is 4.74 Å². The number of nitrogens with one attached hydrogen (secondary N) is 1. The monoisotopic (exact) mass is 417 g/mol. The summed E-state index contributed by atoms with van der Waals surface area (Å²) in [6, 6.07) is 12.8. The highest BCUT2D eigenvalue weighted by atomic mass is 79.9. The number of para-hydroxylation sites is 1. The fraction of sp³-hybridized carbons (Fsp3) is 0.333. The highest BCUT2D eigenvalue weighted by molar-refractivity contribution is 9.10. The molecule has 5 heteroatoms. The Morgan fingerprint density at radius 3 is 2.00 bits per heavy atom. The van der Waals surface area contributed by atoms with Crippen LogP contribution in [-0.2, 0) is 9.53 Å². The van der Waals surface area contributed by atoms with E-state index >= 15 is 0 Å². The molecule has 0 unspecified atom stereocenters. The summed E-state index contributed by atoms with van der Waals surface area (Å²) in [5.41, 5.74) is 3.38. The standard InChI is InChI=1S/C21H24BrNO3/c1-13(2)17-6-5-7-18(14(3)4)20(17)23-19(24)12-26-21(25)15-8-10-16(22)11-9-15/h5-11,13-14H,12H2,1-4H3,(H,23,24). The maximum atomic E-state index is 12.4. The molecule has 0 aliphatic rings. The summed E-state index contributed by atoms with van der Waals surface area (Å²) < 4.78 is 6.01. The van der Waals surface area contributed by atoms with Crippen molar-refractivity contribution >= 4 is 33.5 Å². The third kappa shape index (κ3) is 5.18. The van der Waals surface area contributed by atoms with Crippen LogP contribution in [0.1, 0.15) is 61.0 Å². The van der Waals surface area contributed by atoms with Gasteiger partial charge in [0.1, 0.15) is 0 Å². The zero-order valence-electron chi connectivity index (χ0n) is 15.5. The zero-order valence-corrected chi connectivity index (χ0v) is 17.1. The van der Waals surface area contributed by atoms with Crippen molar-refractivity contribution in [2.45, 2.75) is 39.5 Å². The van der Waals surface area contributed by atoms with E-state index in [1.807, 2.05) is 18.2 Å². The third-order valence-electron chi connectivity index (χ3n) is 4.05. The summed E-state index contributed by atoms with van der Waals surface area (Å²) in [5, 5.41) is 2.93. The van der Waals surface area contributed by atoms with Crippen molar-refractivity contribution in [1.82, 2.24) is 0 Å². The van der Waals surface area contributed by atoms with Crippen LogP contribution in [0.2, 0.25) is 0 Å². The topological polar surface area (TPSA) is 55.4 Å². The zero-order chi connectivity index (χ0) is 19.3. The SMILES string of the molecule is CC(C)c1cccc(C(C)C)c1NC(=O)COC(=O)c1ccc(Br)cc1. The molecule has 2 aromatic carbocycles. The molecule has 0 radical (unpaired) electrons. The van der Waals surface area contributed by atoms with E-state index in [1.54, 1.807) is 24.3 Å². The number of benzene rings is 2. The first-order valence-corrected chi connectivity index (χ1v) is 9.44. The first-order chi connectivity index (χ1) is 12.3. The summed E-state index contributed by atoms with van der Waals surface area (Å²) in [5.74, 6) is -0.317. The van der Waals surface area contributed by atoms with Gasteiger partial charge in [-0.05, 0) is 47.2 Å². The normalized spacial score (nSPS) is 10.9. The Bertz CT molecular complexity index is 756. The number of anilines is 1. The lowest BCUT2D eigenvalue weighted by atomic mass is 9.92. The van der Waals surface area contributed by atoms with Crippen LogP contribution in [0.15, 0.2) is 46.9 Å². The molecule has 0 atom stereocenters. The summed E-state index contributed by atoms with van der Waals surface area (Å²) in [6.45, 7) is 8.02. The van der Waals surface area contributed by atoms with Crippen LogP contribution in [0.25, 0.3) is 0 Å². The largest absolute Gasteiger partial charge is 0.452 e. The number of ether oxygens (including phenoxy) is 1. The van der Waals surface area contributed by atoms with Crippen molar-refractivity contribution in [2.24, 2.45) is 0 Å². The Balaban J connectivity index is 2.08. The number of amides is 1. The Kier molecular flexibility index (Phi) is 6.98. The predicted molar refractivity (Wildman–Crippen MR) is 108 cm³/mol. The molecule has 0 bridgehead atoms. The minimum Gasteiger partial charge on any atom is -0.452 e. The van der Waals surface area contributed by atoms with E-state index in [-0.39, 0.29) is 24.3 Å². The van der Waals surface area contributed by atoms with Gasteiger partial charge in [0.05, 0.1) is 5.56 Å². The molecule has 0 aliphatic carbocycles. The van der Waals surface area contributed by atoms with Gasteiger partial charge in [0, 0.05) is 10.2 Å². The Labute approximate surface area is 163 Å². The summed E-state index contributed by atoms with van der Waals surface area (Å²) >= 11 is 3.31. The number of carbonyl (C=O) groups is 2. The fourth-order valence-electron chi connectivity index (χ4n) is 2.67. The molecular formula is C21H24BrNO3. The van der Waals surface area contributed by atoms with Crippen molar-refractivity contribution in [2.75, 3.05) is 11.9 Å². The molecule has 0 heterocycles. The van der Waals surface area contributed by atoms with Crippen LogP contribution in [0.4, 0.5) is 5.69 Å². The molecule has 2 aromatic rings. The summed E-state index contributed by atoms with van der Waals surface area (Å²) in [6.07, 6.45) is 0.